The van der Waals surface area contributed by atoms with Gasteiger partial charge in [-0.1, -0.05) is 0 Å². The standard InChI is InChI=1S/C15O27S5/c16-3-1-4-13-12-14(36-44(19,20)35-13)6(1)28-39-46(23,24)40-29-9(3)5(27-4)2-7-10(30-38-45(21,22)34-7)11(31-41-47(25,26)42-32-12)15-8(2)33-43(17,18)37-15. The van der Waals surface area contributed by atoms with E-state index >= 15 is 0 Å². The van der Waals surface area contributed by atoms with Crippen molar-refractivity contribution in [2.45, 2.75) is 0 Å². The van der Waals surface area contributed by atoms with Gasteiger partial charge in [0.25, 0.3) is 23.0 Å². The summed E-state index contributed by atoms with van der Waals surface area (Å²) in [6.45, 7) is 0. The predicted molar refractivity (Wildman–Crippen MR) is 124 cm³/mol. The average Bonchev–Trinajstić information content (AvgIpc) is 3.27. The van der Waals surface area contributed by atoms with E-state index in [1.807, 2.05) is 0 Å². The van der Waals surface area contributed by atoms with E-state index in [4.69, 9.17) is 12.8 Å². The summed E-state index contributed by atoms with van der Waals surface area (Å²) in [6, 6.07) is 0. The summed E-state index contributed by atoms with van der Waals surface area (Å²) in [4.78, 5) is 36.8. The topological polar surface area (TPSA) is 339 Å². The quantitative estimate of drug-likeness (QED) is 0.227. The minimum absolute atomic E-state index is 1.12. The van der Waals surface area contributed by atoms with E-state index in [-0.39, 0.29) is 0 Å². The number of rotatable bonds is 0. The van der Waals surface area contributed by atoms with E-state index in [9.17, 15) is 46.9 Å². The molecule has 0 aliphatic carbocycles. The molecule has 9 bridgehead atoms. The molecule has 0 atom stereocenters. The van der Waals surface area contributed by atoms with Gasteiger partial charge in [0.2, 0.25) is 39.9 Å². The van der Waals surface area contributed by atoms with Crippen LogP contribution in [0.15, 0.2) is 9.21 Å². The van der Waals surface area contributed by atoms with Gasteiger partial charge in [-0.15, -0.1) is 16.8 Å². The van der Waals surface area contributed by atoms with Gasteiger partial charge in [-0.25, -0.2) is 0 Å². The molecule has 0 radical (unpaired) electrons. The first-order valence-electron chi connectivity index (χ1n) is 10.8. The molecular weight excluding hydrogens is 772 g/mol. The highest BCUT2D eigenvalue weighted by Gasteiger charge is 2.50. The molecule has 0 spiro atoms. The van der Waals surface area contributed by atoms with E-state index < -0.39 is 137 Å². The molecule has 6 aliphatic rings. The highest BCUT2D eigenvalue weighted by Crippen LogP contribution is 2.63. The lowest BCUT2D eigenvalue weighted by atomic mass is 10.0. The molecule has 0 fully saturated rings. The Bertz CT molecular complexity index is 2630. The molecular formula is C15O27S5. The highest BCUT2D eigenvalue weighted by atomic mass is 32.3. The molecule has 3 aromatic rings. The minimum atomic E-state index is -5.72. The van der Waals surface area contributed by atoms with Crippen LogP contribution in [-0.2, 0) is 73.7 Å². The fourth-order valence-corrected chi connectivity index (χ4v) is 6.74. The summed E-state index contributed by atoms with van der Waals surface area (Å²) in [5.74, 6) is -14.9. The normalized spacial score (nSPS) is 22.6. The van der Waals surface area contributed by atoms with Crippen molar-refractivity contribution in [1.82, 2.24) is 0 Å². The lowest BCUT2D eigenvalue weighted by Gasteiger charge is -2.23. The van der Waals surface area contributed by atoms with Gasteiger partial charge >= 0.3 is 52.0 Å². The Morgan fingerprint density at radius 1 is 0.362 bits per heavy atom. The summed E-state index contributed by atoms with van der Waals surface area (Å²) < 4.78 is 173. The van der Waals surface area contributed by atoms with E-state index in [1.54, 1.807) is 0 Å². The fraction of sp³-hybridized carbons (Fsp3) is 0. The zero-order valence-electron chi connectivity index (χ0n) is 20.6. The molecule has 6 aliphatic heterocycles. The van der Waals surface area contributed by atoms with Crippen molar-refractivity contribution in [3.8, 4) is 68.8 Å². The van der Waals surface area contributed by atoms with Gasteiger partial charge < -0.3 is 49.8 Å². The minimum Gasteiger partial charge on any atom is -0.447 e. The van der Waals surface area contributed by atoms with Crippen LogP contribution in [0.3, 0.4) is 0 Å². The maximum absolute atomic E-state index is 13.9. The molecule has 47 heavy (non-hydrogen) atoms. The lowest BCUT2D eigenvalue weighted by Crippen LogP contribution is -2.25. The Hall–Kier alpha value is -4.80. The fourth-order valence-electron chi connectivity index (χ4n) is 4.05. The first-order valence-corrected chi connectivity index (χ1v) is 17.5. The number of hydrogen-bond acceptors (Lipinski definition) is 27. The first-order chi connectivity index (χ1) is 21.8. The van der Waals surface area contributed by atoms with Crippen LogP contribution in [0.4, 0.5) is 0 Å². The van der Waals surface area contributed by atoms with Gasteiger partial charge in [0, 0.05) is 0 Å². The third-order valence-corrected chi connectivity index (χ3v) is 8.59. The van der Waals surface area contributed by atoms with Crippen molar-refractivity contribution in [2.24, 2.45) is 0 Å². The van der Waals surface area contributed by atoms with Crippen molar-refractivity contribution >= 4 is 63.0 Å². The molecule has 252 valence electrons. The summed E-state index contributed by atoms with van der Waals surface area (Å²) >= 11 is 0. The van der Waals surface area contributed by atoms with Crippen LogP contribution in [0, 0.1) is 0 Å². The zero-order valence-corrected chi connectivity index (χ0v) is 24.6. The molecule has 1 aromatic heterocycles. The van der Waals surface area contributed by atoms with Crippen molar-refractivity contribution in [1.29, 1.82) is 0 Å². The van der Waals surface area contributed by atoms with Crippen LogP contribution in [0.25, 0.3) is 22.3 Å². The number of benzene rings is 2. The number of hydrogen-bond donors (Lipinski definition) is 0. The van der Waals surface area contributed by atoms with Crippen molar-refractivity contribution in [3.63, 3.8) is 0 Å². The second kappa shape index (κ2) is 8.96. The Labute approximate surface area is 255 Å². The SMILES string of the molecule is O=c1c2c3oc4c5c(c(c(c14)OOS(=O)(=O)OO2)OS(=O)(=O)O5)OOS(=O)(=O)OOc1c2c(c-3c3c1OS(=O)(=O)O3)OS(=O)(=O)OO2. The Balaban J connectivity index is 1.62. The van der Waals surface area contributed by atoms with Crippen LogP contribution in [0.1, 0.15) is 0 Å². The monoisotopic (exact) mass is 772 g/mol. The predicted octanol–water partition coefficient (Wildman–Crippen LogP) is -1.80. The highest BCUT2D eigenvalue weighted by molar-refractivity contribution is 7.83. The maximum Gasteiger partial charge on any atom is 0.501 e. The van der Waals surface area contributed by atoms with E-state index in [1.165, 1.54) is 0 Å². The van der Waals surface area contributed by atoms with Gasteiger partial charge in [0.1, 0.15) is 10.9 Å². The summed E-state index contributed by atoms with van der Waals surface area (Å²) in [5, 5.41) is -1.12. The molecule has 27 nitrogen and oxygen atoms in total. The van der Waals surface area contributed by atoms with Crippen molar-refractivity contribution in [2.75, 3.05) is 0 Å². The van der Waals surface area contributed by atoms with Gasteiger partial charge in [-0.2, -0.15) is 25.3 Å². The molecule has 0 saturated heterocycles. The summed E-state index contributed by atoms with van der Waals surface area (Å²) in [5.41, 5.74) is -4.17. The molecule has 0 N–H and O–H groups in total. The first kappa shape index (κ1) is 29.6. The summed E-state index contributed by atoms with van der Waals surface area (Å²) in [7, 11) is -27.2. The van der Waals surface area contributed by atoms with Crippen molar-refractivity contribution < 1.29 is 114 Å². The largest absolute Gasteiger partial charge is 0.501 e. The molecule has 0 unspecified atom stereocenters. The van der Waals surface area contributed by atoms with E-state index in [2.05, 4.69) is 58.7 Å². The van der Waals surface area contributed by atoms with Crippen LogP contribution < -0.4 is 50.8 Å². The smallest absolute Gasteiger partial charge is 0.447 e. The number of fused-ring (bicyclic) bond motifs is 6. The van der Waals surface area contributed by atoms with Crippen LogP contribution in [0.5, 0.6) is 57.5 Å². The Kier molecular flexibility index (Phi) is 5.64. The van der Waals surface area contributed by atoms with Crippen LogP contribution >= 0.6 is 0 Å². The average molecular weight is 772 g/mol. The van der Waals surface area contributed by atoms with E-state index in [0.717, 1.165) is 0 Å². The van der Waals surface area contributed by atoms with E-state index in [0.29, 0.717) is 0 Å². The van der Waals surface area contributed by atoms with Gasteiger partial charge in [0.15, 0.2) is 11.3 Å². The van der Waals surface area contributed by atoms with Crippen molar-refractivity contribution in [3.05, 3.63) is 10.2 Å². The van der Waals surface area contributed by atoms with Gasteiger partial charge in [-0.05, 0) is 21.7 Å². The molecule has 7 heterocycles. The maximum atomic E-state index is 13.9. The van der Waals surface area contributed by atoms with Gasteiger partial charge in [0.05, 0.1) is 0 Å². The molecule has 9 rings (SSSR count). The van der Waals surface area contributed by atoms with Crippen LogP contribution in [0.2, 0.25) is 0 Å². The molecule has 0 amide bonds. The third kappa shape index (κ3) is 4.53. The lowest BCUT2D eigenvalue weighted by molar-refractivity contribution is -0.170. The third-order valence-electron chi connectivity index (χ3n) is 5.56. The molecule has 2 aromatic carbocycles. The molecule has 0 saturated carbocycles. The Morgan fingerprint density at radius 2 is 0.745 bits per heavy atom. The van der Waals surface area contributed by atoms with Gasteiger partial charge in [-0.3, -0.25) is 4.79 Å². The second-order valence-electron chi connectivity index (χ2n) is 8.35. The summed E-state index contributed by atoms with van der Waals surface area (Å²) in [6.07, 6.45) is 0. The zero-order chi connectivity index (χ0) is 33.5. The molecule has 32 heteroatoms. The van der Waals surface area contributed by atoms with Crippen LogP contribution in [-0.4, -0.2) is 42.1 Å². The Morgan fingerprint density at radius 3 is 1.34 bits per heavy atom. The second-order valence-corrected chi connectivity index (χ2v) is 13.9.